The monoisotopic (exact) mass is 274 g/mol. The average Bonchev–Trinajstić information content (AvgIpc) is 2.78. The zero-order valence-corrected chi connectivity index (χ0v) is 10.6. The molecule has 0 radical (unpaired) electrons. The highest BCUT2D eigenvalue weighted by Crippen LogP contribution is 2.32. The predicted octanol–water partition coefficient (Wildman–Crippen LogP) is 3.07. The maximum Gasteiger partial charge on any atom is 0.412 e. The van der Waals surface area contributed by atoms with Crippen LogP contribution in [0, 0.1) is 11.3 Å². The van der Waals surface area contributed by atoms with Crippen molar-refractivity contribution in [2.45, 2.75) is 6.61 Å². The Balaban J connectivity index is 1.93. The molecule has 1 aromatic heterocycles. The molecule has 1 aromatic carbocycles. The lowest BCUT2D eigenvalue weighted by Gasteiger charge is -2.05. The van der Waals surface area contributed by atoms with Gasteiger partial charge in [0.1, 0.15) is 29.0 Å². The van der Waals surface area contributed by atoms with Crippen molar-refractivity contribution in [3.63, 3.8) is 0 Å². The molecule has 0 fully saturated rings. The molecular weight excluding hydrogens is 264 g/mol. The Labute approximate surface area is 113 Å². The lowest BCUT2D eigenvalue weighted by molar-refractivity contribution is 0.155. The summed E-state index contributed by atoms with van der Waals surface area (Å²) in [5, 5.41) is 22.2. The normalized spacial score (nSPS) is 9.63. The summed E-state index contributed by atoms with van der Waals surface area (Å²) >= 11 is 1.07. The summed E-state index contributed by atoms with van der Waals surface area (Å²) < 4.78 is 5.01. The second-order valence-electron chi connectivity index (χ2n) is 3.62. The SMILES string of the molecule is N#Cc1c(O)csc1NC(=O)OCc1ccccc1. The van der Waals surface area contributed by atoms with Gasteiger partial charge in [-0.3, -0.25) is 5.32 Å². The molecule has 0 bridgehead atoms. The zero-order chi connectivity index (χ0) is 13.7. The third-order valence-corrected chi connectivity index (χ3v) is 3.19. The van der Waals surface area contributed by atoms with Crippen molar-refractivity contribution < 1.29 is 14.6 Å². The average molecular weight is 274 g/mol. The summed E-state index contributed by atoms with van der Waals surface area (Å²) in [6, 6.07) is 11.1. The van der Waals surface area contributed by atoms with Crippen LogP contribution in [0.5, 0.6) is 5.75 Å². The molecular formula is C13H10N2O3S. The number of nitrogens with one attached hydrogen (secondary N) is 1. The Morgan fingerprint density at radius 3 is 2.84 bits per heavy atom. The smallest absolute Gasteiger partial charge is 0.412 e. The number of nitriles is 1. The van der Waals surface area contributed by atoms with Gasteiger partial charge in [0.25, 0.3) is 0 Å². The third kappa shape index (κ3) is 3.24. The molecule has 0 unspecified atom stereocenters. The Morgan fingerprint density at radius 1 is 1.42 bits per heavy atom. The quantitative estimate of drug-likeness (QED) is 0.901. The van der Waals surface area contributed by atoms with Gasteiger partial charge in [0, 0.05) is 5.38 Å². The number of thiophene rings is 1. The second-order valence-corrected chi connectivity index (χ2v) is 4.50. The maximum atomic E-state index is 11.5. The molecule has 0 aliphatic rings. The molecule has 0 spiro atoms. The molecule has 2 aromatic rings. The van der Waals surface area contributed by atoms with Crippen LogP contribution in [-0.2, 0) is 11.3 Å². The number of carbonyl (C=O) groups excluding carboxylic acids is 1. The standard InChI is InChI=1S/C13H10N2O3S/c14-6-10-11(16)8-19-12(10)15-13(17)18-7-9-4-2-1-3-5-9/h1-5,8,16H,7H2,(H,15,17). The number of hydrogen-bond acceptors (Lipinski definition) is 5. The van der Waals surface area contributed by atoms with Crippen LogP contribution in [0.1, 0.15) is 11.1 Å². The number of benzene rings is 1. The number of rotatable bonds is 3. The Bertz CT molecular complexity index is 617. The summed E-state index contributed by atoms with van der Waals surface area (Å²) in [4.78, 5) is 11.5. The van der Waals surface area contributed by atoms with E-state index in [-0.39, 0.29) is 22.9 Å². The lowest BCUT2D eigenvalue weighted by Crippen LogP contribution is -2.13. The summed E-state index contributed by atoms with van der Waals surface area (Å²) in [5.74, 6) is -0.147. The van der Waals surface area contributed by atoms with Crippen LogP contribution in [0.3, 0.4) is 0 Å². The van der Waals surface area contributed by atoms with Gasteiger partial charge < -0.3 is 9.84 Å². The number of hydrogen-bond donors (Lipinski definition) is 2. The first kappa shape index (κ1) is 12.9. The van der Waals surface area contributed by atoms with Gasteiger partial charge in [-0.1, -0.05) is 30.3 Å². The Hall–Kier alpha value is -2.52. The Kier molecular flexibility index (Phi) is 4.00. The van der Waals surface area contributed by atoms with Gasteiger partial charge >= 0.3 is 6.09 Å². The number of nitrogens with zero attached hydrogens (tertiary/aromatic N) is 1. The first-order chi connectivity index (χ1) is 9.20. The van der Waals surface area contributed by atoms with Crippen molar-refractivity contribution in [2.24, 2.45) is 0 Å². The van der Waals surface area contributed by atoms with Crippen molar-refractivity contribution in [3.8, 4) is 11.8 Å². The number of carbonyl (C=O) groups is 1. The Morgan fingerprint density at radius 2 is 2.16 bits per heavy atom. The van der Waals surface area contributed by atoms with E-state index >= 15 is 0 Å². The number of anilines is 1. The van der Waals surface area contributed by atoms with E-state index in [0.717, 1.165) is 16.9 Å². The highest BCUT2D eigenvalue weighted by atomic mass is 32.1. The van der Waals surface area contributed by atoms with Crippen molar-refractivity contribution in [1.29, 1.82) is 5.26 Å². The zero-order valence-electron chi connectivity index (χ0n) is 9.79. The molecule has 0 aliphatic carbocycles. The van der Waals surface area contributed by atoms with Crippen molar-refractivity contribution >= 4 is 22.4 Å². The minimum absolute atomic E-state index is 0.0432. The van der Waals surface area contributed by atoms with E-state index in [1.807, 2.05) is 36.4 Å². The van der Waals surface area contributed by atoms with Gasteiger partial charge in [-0.2, -0.15) is 5.26 Å². The molecule has 1 heterocycles. The van der Waals surface area contributed by atoms with Crippen LogP contribution in [0.15, 0.2) is 35.7 Å². The fraction of sp³-hybridized carbons (Fsp3) is 0.0769. The summed E-state index contributed by atoms with van der Waals surface area (Å²) in [5.41, 5.74) is 0.911. The van der Waals surface area contributed by atoms with Crippen molar-refractivity contribution in [1.82, 2.24) is 0 Å². The maximum absolute atomic E-state index is 11.5. The molecule has 0 atom stereocenters. The molecule has 2 rings (SSSR count). The fourth-order valence-electron chi connectivity index (χ4n) is 1.40. The van der Waals surface area contributed by atoms with E-state index < -0.39 is 6.09 Å². The van der Waals surface area contributed by atoms with Crippen LogP contribution in [0.4, 0.5) is 9.80 Å². The van der Waals surface area contributed by atoms with Gasteiger partial charge in [-0.15, -0.1) is 11.3 Å². The van der Waals surface area contributed by atoms with Gasteiger partial charge in [0.05, 0.1) is 0 Å². The van der Waals surface area contributed by atoms with Gasteiger partial charge in [-0.25, -0.2) is 4.79 Å². The largest absolute Gasteiger partial charge is 0.506 e. The molecule has 19 heavy (non-hydrogen) atoms. The van der Waals surface area contributed by atoms with E-state index in [1.165, 1.54) is 5.38 Å². The molecule has 5 nitrogen and oxygen atoms in total. The van der Waals surface area contributed by atoms with Crippen molar-refractivity contribution in [2.75, 3.05) is 5.32 Å². The van der Waals surface area contributed by atoms with Gasteiger partial charge in [-0.05, 0) is 5.56 Å². The minimum Gasteiger partial charge on any atom is -0.506 e. The lowest BCUT2D eigenvalue weighted by atomic mass is 10.2. The minimum atomic E-state index is -0.665. The van der Waals surface area contributed by atoms with Crippen LogP contribution < -0.4 is 5.32 Å². The third-order valence-electron chi connectivity index (χ3n) is 2.31. The van der Waals surface area contributed by atoms with E-state index in [1.54, 1.807) is 0 Å². The molecule has 0 aliphatic heterocycles. The summed E-state index contributed by atoms with van der Waals surface area (Å²) in [6.07, 6.45) is -0.665. The molecule has 1 amide bonds. The fourth-order valence-corrected chi connectivity index (χ4v) is 2.16. The highest BCUT2D eigenvalue weighted by Gasteiger charge is 2.13. The predicted molar refractivity (Wildman–Crippen MR) is 70.9 cm³/mol. The second kappa shape index (κ2) is 5.89. The first-order valence-corrected chi connectivity index (χ1v) is 6.27. The molecule has 6 heteroatoms. The van der Waals surface area contributed by atoms with E-state index in [9.17, 15) is 9.90 Å². The van der Waals surface area contributed by atoms with E-state index in [4.69, 9.17) is 10.00 Å². The van der Waals surface area contributed by atoms with Crippen LogP contribution in [-0.4, -0.2) is 11.2 Å². The van der Waals surface area contributed by atoms with Crippen molar-refractivity contribution in [3.05, 3.63) is 46.8 Å². The van der Waals surface area contributed by atoms with Gasteiger partial charge in [0.15, 0.2) is 0 Å². The van der Waals surface area contributed by atoms with E-state index in [2.05, 4.69) is 5.32 Å². The summed E-state index contributed by atoms with van der Waals surface area (Å²) in [7, 11) is 0. The number of ether oxygens (including phenoxy) is 1. The number of aromatic hydroxyl groups is 1. The topological polar surface area (TPSA) is 82.4 Å². The number of amides is 1. The first-order valence-electron chi connectivity index (χ1n) is 5.39. The highest BCUT2D eigenvalue weighted by molar-refractivity contribution is 7.15. The molecule has 0 saturated heterocycles. The molecule has 96 valence electrons. The van der Waals surface area contributed by atoms with Crippen LogP contribution in [0.25, 0.3) is 0 Å². The van der Waals surface area contributed by atoms with Crippen LogP contribution >= 0.6 is 11.3 Å². The summed E-state index contributed by atoms with van der Waals surface area (Å²) in [6.45, 7) is 0.145. The van der Waals surface area contributed by atoms with Crippen LogP contribution in [0.2, 0.25) is 0 Å². The van der Waals surface area contributed by atoms with Gasteiger partial charge in [0.2, 0.25) is 0 Å². The van der Waals surface area contributed by atoms with E-state index in [0.29, 0.717) is 0 Å². The molecule has 2 N–H and O–H groups in total. The molecule has 0 saturated carbocycles.